The van der Waals surface area contributed by atoms with Gasteiger partial charge < -0.3 is 24.4 Å². The van der Waals surface area contributed by atoms with E-state index in [0.717, 1.165) is 43.4 Å². The Morgan fingerprint density at radius 2 is 1.95 bits per heavy atom. The number of halogens is 3. The number of carbonyl (C=O) groups is 1. The van der Waals surface area contributed by atoms with E-state index in [4.69, 9.17) is 14.5 Å². The summed E-state index contributed by atoms with van der Waals surface area (Å²) < 4.78 is 42.2. The zero-order valence-electron chi connectivity index (χ0n) is 20.3. The van der Waals surface area contributed by atoms with E-state index >= 15 is 4.39 Å². The fourth-order valence-corrected chi connectivity index (χ4v) is 7.80. The molecule has 37 heavy (non-hydrogen) atoms. The van der Waals surface area contributed by atoms with E-state index < -0.39 is 18.1 Å². The van der Waals surface area contributed by atoms with Crippen LogP contribution in [0.25, 0.3) is 10.9 Å². The lowest BCUT2D eigenvalue weighted by atomic mass is 9.95. The average Bonchev–Trinajstić information content (AvgIpc) is 3.62. The Morgan fingerprint density at radius 1 is 1.19 bits per heavy atom. The van der Waals surface area contributed by atoms with Crippen LogP contribution in [0.15, 0.2) is 4.47 Å². The topological polar surface area (TPSA) is 91.3 Å². The molecule has 2 bridgehead atoms. The highest BCUT2D eigenvalue weighted by Gasteiger charge is 2.50. The lowest BCUT2D eigenvalue weighted by molar-refractivity contribution is 0.107. The number of nitrogens with zero attached hydrogens (tertiary/aromatic N) is 5. The van der Waals surface area contributed by atoms with Gasteiger partial charge in [0.1, 0.15) is 24.1 Å². The van der Waals surface area contributed by atoms with Gasteiger partial charge in [-0.15, -0.1) is 0 Å². The van der Waals surface area contributed by atoms with Crippen molar-refractivity contribution in [1.82, 2.24) is 19.8 Å². The average molecular weight is 580 g/mol. The SMILES string of the molecule is O=C(O)N1CC2CCC(C1)N2c1nc(OC[C@@]23CCCN2C[C@H](F)C3)nc2c(F)c(Br)c3c(c12)COC3. The third-order valence-electron chi connectivity index (χ3n) is 8.92. The summed E-state index contributed by atoms with van der Waals surface area (Å²) in [5.74, 6) is 0.0795. The summed E-state index contributed by atoms with van der Waals surface area (Å²) in [6.45, 7) is 2.85. The maximum atomic E-state index is 15.8. The third kappa shape index (κ3) is 3.62. The van der Waals surface area contributed by atoms with Crippen LogP contribution in [-0.4, -0.2) is 87.5 Å². The van der Waals surface area contributed by atoms with Crippen molar-refractivity contribution >= 4 is 38.7 Å². The maximum absolute atomic E-state index is 15.8. The molecule has 4 saturated heterocycles. The Hall–Kier alpha value is -2.31. The highest BCUT2D eigenvalue weighted by Crippen LogP contribution is 2.45. The summed E-state index contributed by atoms with van der Waals surface area (Å²) in [4.78, 5) is 26.8. The van der Waals surface area contributed by atoms with Gasteiger partial charge >= 0.3 is 12.1 Å². The minimum absolute atomic E-state index is 0.0655. The van der Waals surface area contributed by atoms with Gasteiger partial charge in [0, 0.05) is 43.7 Å². The highest BCUT2D eigenvalue weighted by atomic mass is 79.9. The number of piperazine rings is 1. The number of amides is 1. The van der Waals surface area contributed by atoms with Crippen molar-refractivity contribution in [1.29, 1.82) is 0 Å². The van der Waals surface area contributed by atoms with E-state index in [1.807, 2.05) is 0 Å². The number of rotatable bonds is 4. The van der Waals surface area contributed by atoms with Crippen molar-refractivity contribution in [3.8, 4) is 6.01 Å². The molecule has 9 nitrogen and oxygen atoms in total. The molecule has 198 valence electrons. The predicted molar refractivity (Wildman–Crippen MR) is 133 cm³/mol. The standard InChI is InChI=1S/C25H28BrF2N5O4/c26-19-17-11-36-10-16(17)18-21(20(19)28)29-23(37-12-25-4-1-5-32(25)7-13(27)6-25)30-22(18)33-14-2-3-15(33)9-31(8-14)24(34)35/h13-15H,1-12H2,(H,34,35)/t13-,14?,15?,25+/m1/s1. The molecule has 0 aliphatic carbocycles. The van der Waals surface area contributed by atoms with Crippen LogP contribution in [0, 0.1) is 5.82 Å². The molecule has 0 radical (unpaired) electrons. The summed E-state index contributed by atoms with van der Waals surface area (Å²) in [5, 5.41) is 10.2. The van der Waals surface area contributed by atoms with E-state index in [1.165, 1.54) is 4.90 Å². The number of likely N-dealkylation sites (tertiary alicyclic amines) is 1. The second-order valence-corrected chi connectivity index (χ2v) is 11.8. The van der Waals surface area contributed by atoms with Crippen LogP contribution in [0.4, 0.5) is 19.4 Å². The van der Waals surface area contributed by atoms with E-state index in [1.54, 1.807) is 0 Å². The van der Waals surface area contributed by atoms with Crippen LogP contribution in [0.1, 0.15) is 43.2 Å². The van der Waals surface area contributed by atoms with Gasteiger partial charge in [0.2, 0.25) is 0 Å². The van der Waals surface area contributed by atoms with Gasteiger partial charge in [0.15, 0.2) is 5.82 Å². The Kier molecular flexibility index (Phi) is 5.53. The molecule has 2 unspecified atom stereocenters. The first-order valence-corrected chi connectivity index (χ1v) is 13.7. The van der Waals surface area contributed by atoms with Crippen molar-refractivity contribution in [3.05, 3.63) is 21.4 Å². The summed E-state index contributed by atoms with van der Waals surface area (Å²) in [7, 11) is 0. The zero-order chi connectivity index (χ0) is 25.5. The molecule has 7 rings (SSSR count). The van der Waals surface area contributed by atoms with Crippen LogP contribution in [0.3, 0.4) is 0 Å². The molecule has 6 heterocycles. The Balaban J connectivity index is 1.32. The minimum Gasteiger partial charge on any atom is -0.465 e. The van der Waals surface area contributed by atoms with Gasteiger partial charge in [0.05, 0.1) is 28.6 Å². The van der Waals surface area contributed by atoms with Gasteiger partial charge in [-0.1, -0.05) is 0 Å². The van der Waals surface area contributed by atoms with Crippen LogP contribution in [0.2, 0.25) is 0 Å². The van der Waals surface area contributed by atoms with Crippen LogP contribution >= 0.6 is 15.9 Å². The van der Waals surface area contributed by atoms with Crippen molar-refractivity contribution in [2.24, 2.45) is 0 Å². The summed E-state index contributed by atoms with van der Waals surface area (Å²) in [6.07, 6.45) is 2.09. The number of benzene rings is 1. The Bertz CT molecular complexity index is 1290. The smallest absolute Gasteiger partial charge is 0.407 e. The molecule has 2 aromatic rings. The largest absolute Gasteiger partial charge is 0.465 e. The maximum Gasteiger partial charge on any atom is 0.407 e. The normalized spacial score (nSPS) is 30.8. The van der Waals surface area contributed by atoms with Crippen molar-refractivity contribution in [2.45, 2.75) is 69.1 Å². The van der Waals surface area contributed by atoms with Gasteiger partial charge in [-0.2, -0.15) is 9.97 Å². The fourth-order valence-electron chi connectivity index (χ4n) is 7.25. The van der Waals surface area contributed by atoms with Crippen molar-refractivity contribution in [3.63, 3.8) is 0 Å². The highest BCUT2D eigenvalue weighted by molar-refractivity contribution is 9.10. The number of fused-ring (bicyclic) bond motifs is 6. The van der Waals surface area contributed by atoms with Crippen molar-refractivity contribution < 1.29 is 28.2 Å². The molecule has 0 spiro atoms. The molecule has 4 fully saturated rings. The number of hydrogen-bond donors (Lipinski definition) is 1. The second kappa shape index (κ2) is 8.60. The lowest BCUT2D eigenvalue weighted by Gasteiger charge is -2.41. The molecule has 0 saturated carbocycles. The quantitative estimate of drug-likeness (QED) is 0.584. The van der Waals surface area contributed by atoms with E-state index in [9.17, 15) is 14.3 Å². The first-order valence-electron chi connectivity index (χ1n) is 12.9. The molecule has 1 amide bonds. The first-order chi connectivity index (χ1) is 17.8. The van der Waals surface area contributed by atoms with E-state index in [0.29, 0.717) is 54.9 Å². The Labute approximate surface area is 220 Å². The van der Waals surface area contributed by atoms with Gasteiger partial charge in [-0.25, -0.2) is 13.6 Å². The summed E-state index contributed by atoms with van der Waals surface area (Å²) in [5.41, 5.74) is 1.38. The number of carboxylic acid groups (broad SMARTS) is 1. The first kappa shape index (κ1) is 23.8. The second-order valence-electron chi connectivity index (χ2n) is 11.0. The number of aromatic nitrogens is 2. The molecule has 4 atom stereocenters. The molecule has 5 aliphatic heterocycles. The molecule has 1 N–H and O–H groups in total. The zero-order valence-corrected chi connectivity index (χ0v) is 21.8. The van der Waals surface area contributed by atoms with Crippen LogP contribution in [-0.2, 0) is 18.0 Å². The number of alkyl halides is 1. The Morgan fingerprint density at radius 3 is 2.70 bits per heavy atom. The van der Waals surface area contributed by atoms with Gasteiger partial charge in [-0.3, -0.25) is 4.90 Å². The van der Waals surface area contributed by atoms with Gasteiger partial charge in [-0.05, 0) is 53.7 Å². The summed E-state index contributed by atoms with van der Waals surface area (Å²) in [6, 6.07) is -0.0798. The fraction of sp³-hybridized carbons (Fsp3) is 0.640. The third-order valence-corrected chi connectivity index (χ3v) is 9.75. The van der Waals surface area contributed by atoms with E-state index in [-0.39, 0.29) is 35.8 Å². The summed E-state index contributed by atoms with van der Waals surface area (Å²) >= 11 is 3.40. The number of ether oxygens (including phenoxy) is 2. The molecule has 12 heteroatoms. The molecular formula is C25H28BrF2N5O4. The monoisotopic (exact) mass is 579 g/mol. The number of hydrogen-bond acceptors (Lipinski definition) is 7. The predicted octanol–water partition coefficient (Wildman–Crippen LogP) is 3.85. The van der Waals surface area contributed by atoms with Crippen LogP contribution < -0.4 is 9.64 Å². The van der Waals surface area contributed by atoms with E-state index in [2.05, 4.69) is 30.7 Å². The molecule has 1 aromatic heterocycles. The van der Waals surface area contributed by atoms with Gasteiger partial charge in [0.25, 0.3) is 0 Å². The van der Waals surface area contributed by atoms with Crippen molar-refractivity contribution in [2.75, 3.05) is 37.7 Å². The molecular weight excluding hydrogens is 552 g/mol. The minimum atomic E-state index is -0.930. The molecule has 5 aliphatic rings. The van der Waals surface area contributed by atoms with Crippen LogP contribution in [0.5, 0.6) is 6.01 Å². The molecule has 1 aromatic carbocycles. The number of anilines is 1. The lowest BCUT2D eigenvalue weighted by Crippen LogP contribution is -2.55.